The van der Waals surface area contributed by atoms with Crippen LogP contribution >= 0.6 is 0 Å². The maximum Gasteiger partial charge on any atom is 0.108 e. The molecule has 1 aromatic carbocycles. The van der Waals surface area contributed by atoms with E-state index in [-0.39, 0.29) is 6.61 Å². The summed E-state index contributed by atoms with van der Waals surface area (Å²) < 4.78 is 1.52. The quantitative estimate of drug-likeness (QED) is 0.820. The molecule has 0 unspecified atom stereocenters. The number of aromatic nitrogens is 3. The van der Waals surface area contributed by atoms with E-state index in [2.05, 4.69) is 10.3 Å². The summed E-state index contributed by atoms with van der Waals surface area (Å²) in [7, 11) is 0. The Hall–Kier alpha value is -1.72. The monoisotopic (exact) mass is 233 g/mol. The van der Waals surface area contributed by atoms with Gasteiger partial charge in [-0.05, 0) is 12.5 Å². The summed E-state index contributed by atoms with van der Waals surface area (Å²) in [6.45, 7) is 2.19. The molecule has 0 bridgehead atoms. The van der Waals surface area contributed by atoms with Crippen molar-refractivity contribution in [3.8, 4) is 0 Å². The number of hydrogen-bond acceptors (Lipinski definition) is 4. The smallest absolute Gasteiger partial charge is 0.108 e. The van der Waals surface area contributed by atoms with Gasteiger partial charge in [0.25, 0.3) is 0 Å². The summed E-state index contributed by atoms with van der Waals surface area (Å²) in [6, 6.07) is 7.70. The van der Waals surface area contributed by atoms with E-state index in [1.807, 2.05) is 31.2 Å². The van der Waals surface area contributed by atoms with Crippen molar-refractivity contribution in [2.45, 2.75) is 26.2 Å². The van der Waals surface area contributed by atoms with Gasteiger partial charge in [0, 0.05) is 0 Å². The SMILES string of the molecule is Cc1ccc([C@@H](O)Cn2cc(CO)nn2)cc1. The molecule has 5 nitrogen and oxygen atoms in total. The maximum atomic E-state index is 10.00. The van der Waals surface area contributed by atoms with E-state index in [0.29, 0.717) is 12.2 Å². The lowest BCUT2D eigenvalue weighted by Crippen LogP contribution is -2.09. The van der Waals surface area contributed by atoms with Crippen LogP contribution < -0.4 is 0 Å². The van der Waals surface area contributed by atoms with E-state index in [1.165, 1.54) is 4.68 Å². The van der Waals surface area contributed by atoms with Gasteiger partial charge in [-0.2, -0.15) is 0 Å². The zero-order valence-corrected chi connectivity index (χ0v) is 9.61. The van der Waals surface area contributed by atoms with Gasteiger partial charge < -0.3 is 10.2 Å². The number of aryl methyl sites for hydroxylation is 1. The Labute approximate surface area is 99.3 Å². The number of aliphatic hydroxyl groups is 2. The van der Waals surface area contributed by atoms with Gasteiger partial charge in [0.05, 0.1) is 25.5 Å². The maximum absolute atomic E-state index is 10.00. The molecule has 0 amide bonds. The summed E-state index contributed by atoms with van der Waals surface area (Å²) in [5.74, 6) is 0. The van der Waals surface area contributed by atoms with Gasteiger partial charge >= 0.3 is 0 Å². The first kappa shape index (κ1) is 11.8. The second-order valence-electron chi connectivity index (χ2n) is 4.02. The van der Waals surface area contributed by atoms with Gasteiger partial charge in [0.1, 0.15) is 5.69 Å². The molecule has 0 saturated heterocycles. The second-order valence-corrected chi connectivity index (χ2v) is 4.02. The lowest BCUT2D eigenvalue weighted by atomic mass is 10.1. The van der Waals surface area contributed by atoms with Gasteiger partial charge in [-0.3, -0.25) is 0 Å². The Balaban J connectivity index is 2.05. The Morgan fingerprint density at radius 1 is 1.29 bits per heavy atom. The van der Waals surface area contributed by atoms with Gasteiger partial charge in [0.15, 0.2) is 0 Å². The Morgan fingerprint density at radius 2 is 2.00 bits per heavy atom. The van der Waals surface area contributed by atoms with Crippen molar-refractivity contribution in [3.63, 3.8) is 0 Å². The zero-order valence-electron chi connectivity index (χ0n) is 9.61. The van der Waals surface area contributed by atoms with Gasteiger partial charge in [-0.25, -0.2) is 4.68 Å². The average molecular weight is 233 g/mol. The molecule has 1 heterocycles. The highest BCUT2D eigenvalue weighted by Gasteiger charge is 2.09. The van der Waals surface area contributed by atoms with Crippen LogP contribution in [0.25, 0.3) is 0 Å². The molecule has 2 aromatic rings. The second kappa shape index (κ2) is 5.07. The highest BCUT2D eigenvalue weighted by atomic mass is 16.3. The van der Waals surface area contributed by atoms with Crippen LogP contribution in [-0.4, -0.2) is 25.2 Å². The van der Waals surface area contributed by atoms with Crippen LogP contribution in [0.1, 0.15) is 22.9 Å². The number of aliphatic hydroxyl groups excluding tert-OH is 2. The van der Waals surface area contributed by atoms with Crippen molar-refractivity contribution >= 4 is 0 Å². The zero-order chi connectivity index (χ0) is 12.3. The van der Waals surface area contributed by atoms with E-state index in [9.17, 15) is 5.11 Å². The molecule has 0 aliphatic carbocycles. The number of benzene rings is 1. The van der Waals surface area contributed by atoms with Gasteiger partial charge in [-0.1, -0.05) is 35.0 Å². The fourth-order valence-corrected chi connectivity index (χ4v) is 1.57. The Bertz CT molecular complexity index is 479. The van der Waals surface area contributed by atoms with E-state index >= 15 is 0 Å². The van der Waals surface area contributed by atoms with Gasteiger partial charge in [0.2, 0.25) is 0 Å². The van der Waals surface area contributed by atoms with E-state index in [1.54, 1.807) is 6.20 Å². The number of rotatable bonds is 4. The highest BCUT2D eigenvalue weighted by molar-refractivity contribution is 5.22. The standard InChI is InChI=1S/C12H15N3O2/c1-9-2-4-10(5-3-9)12(17)7-15-6-11(8-16)13-14-15/h2-6,12,16-17H,7-8H2,1H3/t12-/m0/s1. The molecule has 1 aromatic heterocycles. The minimum atomic E-state index is -0.621. The minimum absolute atomic E-state index is 0.138. The summed E-state index contributed by atoms with van der Waals surface area (Å²) in [4.78, 5) is 0. The molecule has 0 aliphatic heterocycles. The van der Waals surface area contributed by atoms with Crippen LogP contribution in [0.4, 0.5) is 0 Å². The molecular weight excluding hydrogens is 218 g/mol. The molecule has 1 atom stereocenters. The van der Waals surface area contributed by atoms with Crippen LogP contribution in [0, 0.1) is 6.92 Å². The third-order valence-corrected chi connectivity index (χ3v) is 2.57. The fourth-order valence-electron chi connectivity index (χ4n) is 1.57. The Kier molecular flexibility index (Phi) is 3.51. The first-order valence-corrected chi connectivity index (χ1v) is 5.43. The highest BCUT2D eigenvalue weighted by Crippen LogP contribution is 2.15. The van der Waals surface area contributed by atoms with Crippen molar-refractivity contribution in [3.05, 3.63) is 47.3 Å². The van der Waals surface area contributed by atoms with Crippen molar-refractivity contribution < 1.29 is 10.2 Å². The normalized spacial score (nSPS) is 12.6. The van der Waals surface area contributed by atoms with E-state index < -0.39 is 6.10 Å². The molecule has 90 valence electrons. The van der Waals surface area contributed by atoms with Crippen molar-refractivity contribution in [2.75, 3.05) is 0 Å². The molecule has 0 aliphatic rings. The summed E-state index contributed by atoms with van der Waals surface area (Å²) in [5.41, 5.74) is 2.50. The van der Waals surface area contributed by atoms with Crippen LogP contribution in [-0.2, 0) is 13.2 Å². The fraction of sp³-hybridized carbons (Fsp3) is 0.333. The van der Waals surface area contributed by atoms with Crippen LogP contribution in [0.15, 0.2) is 30.5 Å². The van der Waals surface area contributed by atoms with Crippen molar-refractivity contribution in [1.29, 1.82) is 0 Å². The molecule has 0 fully saturated rings. The average Bonchev–Trinajstić information content (AvgIpc) is 2.77. The predicted octanol–water partition coefficient (Wildman–Crippen LogP) is 0.812. The van der Waals surface area contributed by atoms with E-state index in [0.717, 1.165) is 11.1 Å². The molecule has 5 heteroatoms. The number of nitrogens with zero attached hydrogens (tertiary/aromatic N) is 3. The first-order valence-electron chi connectivity index (χ1n) is 5.43. The van der Waals surface area contributed by atoms with Crippen molar-refractivity contribution in [1.82, 2.24) is 15.0 Å². The molecule has 0 saturated carbocycles. The third-order valence-electron chi connectivity index (χ3n) is 2.57. The Morgan fingerprint density at radius 3 is 2.59 bits per heavy atom. The minimum Gasteiger partial charge on any atom is -0.390 e. The van der Waals surface area contributed by atoms with Crippen LogP contribution in [0.3, 0.4) is 0 Å². The van der Waals surface area contributed by atoms with E-state index in [4.69, 9.17) is 5.11 Å². The summed E-state index contributed by atoms with van der Waals surface area (Å²) in [5, 5.41) is 26.4. The lowest BCUT2D eigenvalue weighted by Gasteiger charge is -2.10. The lowest BCUT2D eigenvalue weighted by molar-refractivity contribution is 0.150. The van der Waals surface area contributed by atoms with Gasteiger partial charge in [-0.15, -0.1) is 5.10 Å². The molecule has 0 radical (unpaired) electrons. The topological polar surface area (TPSA) is 71.2 Å². The molecule has 0 spiro atoms. The summed E-state index contributed by atoms with van der Waals surface area (Å²) in [6.07, 6.45) is 1.00. The largest absolute Gasteiger partial charge is 0.390 e. The van der Waals surface area contributed by atoms with Crippen LogP contribution in [0.2, 0.25) is 0 Å². The summed E-state index contributed by atoms with van der Waals surface area (Å²) >= 11 is 0. The predicted molar refractivity (Wildman–Crippen MR) is 62.1 cm³/mol. The van der Waals surface area contributed by atoms with Crippen molar-refractivity contribution in [2.24, 2.45) is 0 Å². The third kappa shape index (κ3) is 2.89. The first-order chi connectivity index (χ1) is 8.19. The molecule has 2 rings (SSSR count). The molecule has 17 heavy (non-hydrogen) atoms. The molecular formula is C12H15N3O2. The number of hydrogen-bond donors (Lipinski definition) is 2. The molecule has 2 N–H and O–H groups in total. The van der Waals surface area contributed by atoms with Crippen LogP contribution in [0.5, 0.6) is 0 Å².